The smallest absolute Gasteiger partial charge is 0.245 e. The van der Waals surface area contributed by atoms with E-state index in [2.05, 4.69) is 10.1 Å². The van der Waals surface area contributed by atoms with Crippen LogP contribution in [0.1, 0.15) is 11.3 Å². The van der Waals surface area contributed by atoms with E-state index in [0.29, 0.717) is 17.0 Å². The third-order valence-electron chi connectivity index (χ3n) is 2.92. The van der Waals surface area contributed by atoms with Crippen molar-refractivity contribution < 1.29 is 9.13 Å². The molecule has 3 rings (SSSR count). The first-order valence-corrected chi connectivity index (χ1v) is 6.14. The van der Waals surface area contributed by atoms with E-state index >= 15 is 0 Å². The van der Waals surface area contributed by atoms with E-state index in [1.54, 1.807) is 29.0 Å². The topological polar surface area (TPSA) is 65.4 Å². The van der Waals surface area contributed by atoms with Crippen molar-refractivity contribution in [2.45, 2.75) is 13.5 Å². The molecule has 2 N–H and O–H groups in total. The van der Waals surface area contributed by atoms with Crippen molar-refractivity contribution in [1.29, 1.82) is 0 Å². The molecule has 20 heavy (non-hydrogen) atoms. The minimum atomic E-state index is -0.465. The highest BCUT2D eigenvalue weighted by molar-refractivity contribution is 5.57. The molecule has 2 aromatic heterocycles. The summed E-state index contributed by atoms with van der Waals surface area (Å²) >= 11 is 0. The molecule has 0 unspecified atom stereocenters. The zero-order valence-electron chi connectivity index (χ0n) is 10.9. The van der Waals surface area contributed by atoms with Gasteiger partial charge in [-0.3, -0.25) is 0 Å². The van der Waals surface area contributed by atoms with Crippen molar-refractivity contribution in [2.75, 3.05) is 0 Å². The molecular formula is C14H13FN4O. The molecule has 102 valence electrons. The van der Waals surface area contributed by atoms with E-state index in [0.717, 1.165) is 5.69 Å². The number of hydrogen-bond donors (Lipinski definition) is 1. The minimum absolute atomic E-state index is 0.113. The summed E-state index contributed by atoms with van der Waals surface area (Å²) in [6.07, 6.45) is 3.27. The lowest BCUT2D eigenvalue weighted by Gasteiger charge is -2.07. The second-order valence-electron chi connectivity index (χ2n) is 4.42. The van der Waals surface area contributed by atoms with Crippen LogP contribution < -0.4 is 10.5 Å². The maximum Gasteiger partial charge on any atom is 0.245 e. The molecule has 0 fully saturated rings. The quantitative estimate of drug-likeness (QED) is 0.795. The molecule has 0 saturated carbocycles. The van der Waals surface area contributed by atoms with Crippen LogP contribution in [0.2, 0.25) is 0 Å². The monoisotopic (exact) mass is 272 g/mol. The molecule has 0 bridgehead atoms. The summed E-state index contributed by atoms with van der Waals surface area (Å²) < 4.78 is 21.1. The number of fused-ring (bicyclic) bond motifs is 1. The Kier molecular flexibility index (Phi) is 3.08. The third-order valence-corrected chi connectivity index (χ3v) is 2.92. The van der Waals surface area contributed by atoms with Gasteiger partial charge in [0.25, 0.3) is 0 Å². The predicted octanol–water partition coefficient (Wildman–Crippen LogP) is 2.43. The van der Waals surface area contributed by atoms with Gasteiger partial charge in [-0.05, 0) is 30.7 Å². The molecule has 3 aromatic rings. The molecule has 0 amide bonds. The molecular weight excluding hydrogens is 259 g/mol. The highest BCUT2D eigenvalue weighted by Crippen LogP contribution is 2.27. The Hall–Kier alpha value is -2.47. The van der Waals surface area contributed by atoms with Crippen LogP contribution in [0.3, 0.4) is 0 Å². The molecule has 2 heterocycles. The van der Waals surface area contributed by atoms with E-state index in [1.807, 2.05) is 13.0 Å². The lowest BCUT2D eigenvalue weighted by Crippen LogP contribution is -1.99. The number of aromatic nitrogens is 3. The lowest BCUT2D eigenvalue weighted by molar-refractivity contribution is 0.429. The van der Waals surface area contributed by atoms with E-state index in [1.165, 1.54) is 6.07 Å². The Balaban J connectivity index is 2.01. The van der Waals surface area contributed by atoms with Crippen molar-refractivity contribution in [2.24, 2.45) is 5.73 Å². The molecule has 0 atom stereocenters. The first-order chi connectivity index (χ1) is 9.67. The molecule has 6 heteroatoms. The summed E-state index contributed by atoms with van der Waals surface area (Å²) in [5.41, 5.74) is 7.70. The van der Waals surface area contributed by atoms with Crippen LogP contribution >= 0.6 is 0 Å². The number of benzene rings is 1. The number of aryl methyl sites for hydroxylation is 1. The average Bonchev–Trinajstić information content (AvgIpc) is 2.82. The van der Waals surface area contributed by atoms with Gasteiger partial charge >= 0.3 is 0 Å². The Morgan fingerprint density at radius 1 is 1.35 bits per heavy atom. The van der Waals surface area contributed by atoms with Gasteiger partial charge in [0.15, 0.2) is 11.6 Å². The lowest BCUT2D eigenvalue weighted by atomic mass is 10.2. The van der Waals surface area contributed by atoms with Crippen LogP contribution in [-0.4, -0.2) is 14.6 Å². The molecule has 0 radical (unpaired) electrons. The molecule has 1 aromatic carbocycles. The summed E-state index contributed by atoms with van der Waals surface area (Å²) in [5, 5.41) is 4.25. The highest BCUT2D eigenvalue weighted by atomic mass is 19.1. The van der Waals surface area contributed by atoms with Crippen molar-refractivity contribution in [3.05, 3.63) is 53.7 Å². The summed E-state index contributed by atoms with van der Waals surface area (Å²) in [4.78, 5) is 4.12. The number of halogens is 1. The van der Waals surface area contributed by atoms with Crippen LogP contribution in [-0.2, 0) is 6.54 Å². The van der Waals surface area contributed by atoms with Crippen LogP contribution in [0.5, 0.6) is 11.6 Å². The van der Waals surface area contributed by atoms with E-state index < -0.39 is 5.82 Å². The molecule has 5 nitrogen and oxygen atoms in total. The van der Waals surface area contributed by atoms with Crippen LogP contribution in [0, 0.1) is 12.7 Å². The Labute approximate surface area is 114 Å². The van der Waals surface area contributed by atoms with Gasteiger partial charge in [0.05, 0.1) is 5.69 Å². The zero-order chi connectivity index (χ0) is 14.1. The summed E-state index contributed by atoms with van der Waals surface area (Å²) in [6, 6.07) is 6.46. The Morgan fingerprint density at radius 2 is 2.20 bits per heavy atom. The maximum atomic E-state index is 13.9. The number of ether oxygens (including phenoxy) is 1. The van der Waals surface area contributed by atoms with E-state index in [9.17, 15) is 4.39 Å². The fourth-order valence-corrected chi connectivity index (χ4v) is 1.96. The summed E-state index contributed by atoms with van der Waals surface area (Å²) in [5.74, 6) is -0.0397. The standard InChI is InChI=1S/C14H13FN4O/c1-9-6-12-14(17-4-5-19(12)18-9)20-13-3-2-10(8-16)7-11(13)15/h2-7H,8,16H2,1H3. The maximum absolute atomic E-state index is 13.9. The van der Waals surface area contributed by atoms with Crippen LogP contribution in [0.4, 0.5) is 4.39 Å². The van der Waals surface area contributed by atoms with Gasteiger partial charge in [-0.2, -0.15) is 5.10 Å². The van der Waals surface area contributed by atoms with Crippen LogP contribution in [0.25, 0.3) is 5.52 Å². The molecule has 0 spiro atoms. The Morgan fingerprint density at radius 3 is 2.95 bits per heavy atom. The molecule has 0 saturated heterocycles. The number of nitrogens with zero attached hydrogens (tertiary/aromatic N) is 3. The average molecular weight is 272 g/mol. The van der Waals surface area contributed by atoms with Gasteiger partial charge in [0.2, 0.25) is 5.88 Å². The minimum Gasteiger partial charge on any atom is -0.434 e. The Bertz CT molecular complexity index is 769. The summed E-state index contributed by atoms with van der Waals surface area (Å²) in [6.45, 7) is 2.15. The largest absolute Gasteiger partial charge is 0.434 e. The van der Waals surface area contributed by atoms with Gasteiger partial charge in [-0.15, -0.1) is 0 Å². The van der Waals surface area contributed by atoms with E-state index in [4.69, 9.17) is 10.5 Å². The van der Waals surface area contributed by atoms with Gasteiger partial charge in [0, 0.05) is 18.9 Å². The first kappa shape index (κ1) is 12.6. The van der Waals surface area contributed by atoms with Gasteiger partial charge in [-0.1, -0.05) is 6.07 Å². The molecule has 0 aliphatic carbocycles. The first-order valence-electron chi connectivity index (χ1n) is 6.14. The normalized spacial score (nSPS) is 10.9. The van der Waals surface area contributed by atoms with E-state index in [-0.39, 0.29) is 12.3 Å². The summed E-state index contributed by atoms with van der Waals surface area (Å²) in [7, 11) is 0. The van der Waals surface area contributed by atoms with Gasteiger partial charge in [-0.25, -0.2) is 13.9 Å². The zero-order valence-corrected chi connectivity index (χ0v) is 10.9. The van der Waals surface area contributed by atoms with Crippen molar-refractivity contribution in [3.8, 4) is 11.6 Å². The highest BCUT2D eigenvalue weighted by Gasteiger charge is 2.11. The second-order valence-corrected chi connectivity index (χ2v) is 4.42. The van der Waals surface area contributed by atoms with Gasteiger partial charge < -0.3 is 10.5 Å². The number of hydrogen-bond acceptors (Lipinski definition) is 4. The van der Waals surface area contributed by atoms with Crippen LogP contribution in [0.15, 0.2) is 36.7 Å². The van der Waals surface area contributed by atoms with Crippen molar-refractivity contribution >= 4 is 5.52 Å². The number of nitrogens with two attached hydrogens (primary N) is 1. The number of rotatable bonds is 3. The fraction of sp³-hybridized carbons (Fsp3) is 0.143. The predicted molar refractivity (Wildman–Crippen MR) is 72.1 cm³/mol. The molecule has 0 aliphatic rings. The second kappa shape index (κ2) is 4.90. The van der Waals surface area contributed by atoms with Crippen molar-refractivity contribution in [1.82, 2.24) is 14.6 Å². The van der Waals surface area contributed by atoms with Crippen molar-refractivity contribution in [3.63, 3.8) is 0 Å². The van der Waals surface area contributed by atoms with Gasteiger partial charge in [0.1, 0.15) is 5.52 Å². The SMILES string of the molecule is Cc1cc2c(Oc3ccc(CN)cc3F)nccn2n1. The molecule has 0 aliphatic heterocycles. The third kappa shape index (κ3) is 2.21. The fourth-order valence-electron chi connectivity index (χ4n) is 1.96.